The van der Waals surface area contributed by atoms with Crippen molar-refractivity contribution in [2.24, 2.45) is 5.73 Å². The number of fused-ring (bicyclic) bond motifs is 3. The van der Waals surface area contributed by atoms with Crippen LogP contribution in [0.2, 0.25) is 0 Å². The Balaban J connectivity index is 1.53. The lowest BCUT2D eigenvalue weighted by atomic mass is 9.98. The van der Waals surface area contributed by atoms with E-state index in [0.29, 0.717) is 0 Å². The first-order chi connectivity index (χ1) is 18.6. The quantitative estimate of drug-likeness (QED) is 0.270. The molecule has 0 saturated heterocycles. The summed E-state index contributed by atoms with van der Waals surface area (Å²) in [5.74, 6) is -4.70. The van der Waals surface area contributed by atoms with Crippen LogP contribution in [0.5, 0.6) is 0 Å². The second-order valence-electron chi connectivity index (χ2n) is 8.91. The number of carbonyl (C=O) groups excluding carboxylic acids is 6. The van der Waals surface area contributed by atoms with Crippen molar-refractivity contribution in [2.45, 2.75) is 38.3 Å². The standard InChI is InChI=1S/C27H30N4O8/c1-15(32)30-23(14-38-16(2)33)27(37)29-12-24(34)31-22(26(28)36)11-25(35)39-13-21-19-9-5-3-7-17(19)18-8-4-6-10-20(18)21/h3-10,21-23H,11-14H2,1-2H3,(H2,28,36)(H,29,37)(H,30,32)(H,31,34)/t22-,23-/m0/s1. The van der Waals surface area contributed by atoms with Crippen molar-refractivity contribution in [3.8, 4) is 11.1 Å². The highest BCUT2D eigenvalue weighted by Gasteiger charge is 2.30. The van der Waals surface area contributed by atoms with Gasteiger partial charge in [0.25, 0.3) is 0 Å². The topological polar surface area (TPSA) is 183 Å². The number of amides is 4. The third kappa shape index (κ3) is 7.87. The summed E-state index contributed by atoms with van der Waals surface area (Å²) < 4.78 is 10.2. The smallest absolute Gasteiger partial charge is 0.308 e. The Morgan fingerprint density at radius 3 is 1.97 bits per heavy atom. The fraction of sp³-hybridized carbons (Fsp3) is 0.333. The Bertz CT molecular complexity index is 1230. The molecule has 12 nitrogen and oxygen atoms in total. The van der Waals surface area contributed by atoms with Crippen LogP contribution >= 0.6 is 0 Å². The molecule has 4 amide bonds. The molecule has 3 rings (SSSR count). The summed E-state index contributed by atoms with van der Waals surface area (Å²) in [6.07, 6.45) is -0.508. The number of benzene rings is 2. The zero-order valence-electron chi connectivity index (χ0n) is 21.5. The molecular formula is C27H30N4O8. The second kappa shape index (κ2) is 13.2. The van der Waals surface area contributed by atoms with Gasteiger partial charge in [0.1, 0.15) is 25.3 Å². The first-order valence-electron chi connectivity index (χ1n) is 12.2. The first-order valence-corrected chi connectivity index (χ1v) is 12.2. The van der Waals surface area contributed by atoms with Gasteiger partial charge in [0.2, 0.25) is 23.6 Å². The fourth-order valence-electron chi connectivity index (χ4n) is 4.23. The number of carbonyl (C=O) groups is 6. The zero-order chi connectivity index (χ0) is 28.5. The Morgan fingerprint density at radius 1 is 0.846 bits per heavy atom. The molecular weight excluding hydrogens is 508 g/mol. The van der Waals surface area contributed by atoms with Gasteiger partial charge in [0, 0.05) is 19.8 Å². The average molecular weight is 539 g/mol. The molecule has 2 aromatic carbocycles. The van der Waals surface area contributed by atoms with E-state index in [4.69, 9.17) is 15.2 Å². The van der Waals surface area contributed by atoms with Gasteiger partial charge in [0.15, 0.2) is 0 Å². The molecule has 0 aromatic heterocycles. The Hall–Kier alpha value is -4.74. The lowest BCUT2D eigenvalue weighted by molar-refractivity contribution is -0.146. The van der Waals surface area contributed by atoms with E-state index in [-0.39, 0.29) is 12.5 Å². The summed E-state index contributed by atoms with van der Waals surface area (Å²) in [4.78, 5) is 71.4. The number of nitrogens with one attached hydrogen (secondary N) is 3. The van der Waals surface area contributed by atoms with E-state index >= 15 is 0 Å². The summed E-state index contributed by atoms with van der Waals surface area (Å²) in [6, 6.07) is 13.0. The van der Waals surface area contributed by atoms with Gasteiger partial charge in [-0.1, -0.05) is 48.5 Å². The molecule has 2 aromatic rings. The van der Waals surface area contributed by atoms with Gasteiger partial charge >= 0.3 is 11.9 Å². The van der Waals surface area contributed by atoms with Gasteiger partial charge in [-0.05, 0) is 22.3 Å². The molecule has 0 radical (unpaired) electrons. The Labute approximate surface area is 224 Å². The van der Waals surface area contributed by atoms with Crippen LogP contribution in [0.25, 0.3) is 11.1 Å². The second-order valence-corrected chi connectivity index (χ2v) is 8.91. The average Bonchev–Trinajstić information content (AvgIpc) is 3.21. The van der Waals surface area contributed by atoms with Crippen molar-refractivity contribution < 1.29 is 38.2 Å². The molecule has 0 fully saturated rings. The fourth-order valence-corrected chi connectivity index (χ4v) is 4.23. The van der Waals surface area contributed by atoms with Gasteiger partial charge in [-0.3, -0.25) is 28.8 Å². The number of nitrogens with two attached hydrogens (primary N) is 1. The maximum atomic E-state index is 12.6. The van der Waals surface area contributed by atoms with Gasteiger partial charge in [-0.25, -0.2) is 0 Å². The van der Waals surface area contributed by atoms with E-state index in [1.165, 1.54) is 6.92 Å². The molecule has 0 heterocycles. The summed E-state index contributed by atoms with van der Waals surface area (Å²) >= 11 is 0. The van der Waals surface area contributed by atoms with E-state index in [2.05, 4.69) is 16.0 Å². The molecule has 206 valence electrons. The summed E-state index contributed by atoms with van der Waals surface area (Å²) in [6.45, 7) is 1.31. The lowest BCUT2D eigenvalue weighted by Gasteiger charge is -2.19. The van der Waals surface area contributed by atoms with Gasteiger partial charge in [-0.15, -0.1) is 0 Å². The monoisotopic (exact) mass is 538 g/mol. The molecule has 12 heteroatoms. The molecule has 5 N–H and O–H groups in total. The van der Waals surface area contributed by atoms with Crippen LogP contribution in [0.4, 0.5) is 0 Å². The molecule has 39 heavy (non-hydrogen) atoms. The van der Waals surface area contributed by atoms with Crippen molar-refractivity contribution in [3.63, 3.8) is 0 Å². The minimum absolute atomic E-state index is 0.0369. The maximum absolute atomic E-state index is 12.6. The maximum Gasteiger partial charge on any atom is 0.308 e. The number of primary amides is 1. The van der Waals surface area contributed by atoms with Crippen molar-refractivity contribution in [3.05, 3.63) is 59.7 Å². The normalized spacial score (nSPS) is 13.2. The van der Waals surface area contributed by atoms with Crippen LogP contribution in [0, 0.1) is 0 Å². The number of hydrogen-bond acceptors (Lipinski definition) is 8. The van der Waals surface area contributed by atoms with E-state index in [1.54, 1.807) is 0 Å². The zero-order valence-corrected chi connectivity index (χ0v) is 21.5. The van der Waals surface area contributed by atoms with Gasteiger partial charge in [-0.2, -0.15) is 0 Å². The van der Waals surface area contributed by atoms with E-state index in [9.17, 15) is 28.8 Å². The van der Waals surface area contributed by atoms with Crippen molar-refractivity contribution in [1.82, 2.24) is 16.0 Å². The SMILES string of the molecule is CC(=O)N[C@@H](COC(C)=O)C(=O)NCC(=O)N[C@@H](CC(=O)OCC1c2ccccc2-c2ccccc21)C(N)=O. The molecule has 1 aliphatic carbocycles. The van der Waals surface area contributed by atoms with Crippen LogP contribution in [0.1, 0.15) is 37.3 Å². The minimum Gasteiger partial charge on any atom is -0.465 e. The highest BCUT2D eigenvalue weighted by Crippen LogP contribution is 2.44. The van der Waals surface area contributed by atoms with Crippen molar-refractivity contribution >= 4 is 35.6 Å². The third-order valence-corrected chi connectivity index (χ3v) is 5.99. The first kappa shape index (κ1) is 28.8. The van der Waals surface area contributed by atoms with Crippen LogP contribution in [0.3, 0.4) is 0 Å². The minimum atomic E-state index is -1.38. The van der Waals surface area contributed by atoms with Crippen LogP contribution in [0.15, 0.2) is 48.5 Å². The third-order valence-electron chi connectivity index (χ3n) is 5.99. The van der Waals surface area contributed by atoms with Crippen LogP contribution in [-0.2, 0) is 38.2 Å². The lowest BCUT2D eigenvalue weighted by Crippen LogP contribution is -2.53. The highest BCUT2D eigenvalue weighted by atomic mass is 16.5. The van der Waals surface area contributed by atoms with Crippen LogP contribution in [-0.4, -0.2) is 67.4 Å². The predicted molar refractivity (Wildman–Crippen MR) is 138 cm³/mol. The van der Waals surface area contributed by atoms with E-state index < -0.39 is 67.2 Å². The highest BCUT2D eigenvalue weighted by molar-refractivity contribution is 5.93. The Kier molecular flexibility index (Phi) is 9.74. The van der Waals surface area contributed by atoms with E-state index in [1.807, 2.05) is 48.5 Å². The molecule has 0 bridgehead atoms. The number of rotatable bonds is 12. The Morgan fingerprint density at radius 2 is 1.44 bits per heavy atom. The number of ether oxygens (including phenoxy) is 2. The predicted octanol–water partition coefficient (Wildman–Crippen LogP) is -0.114. The molecule has 0 saturated carbocycles. The molecule has 0 unspecified atom stereocenters. The molecule has 0 spiro atoms. The summed E-state index contributed by atoms with van der Waals surface area (Å²) in [5, 5.41) is 6.85. The molecule has 2 atom stereocenters. The number of esters is 2. The largest absolute Gasteiger partial charge is 0.465 e. The van der Waals surface area contributed by atoms with Crippen molar-refractivity contribution in [1.29, 1.82) is 0 Å². The number of hydrogen-bond donors (Lipinski definition) is 4. The van der Waals surface area contributed by atoms with Crippen LogP contribution < -0.4 is 21.7 Å². The molecule has 1 aliphatic rings. The van der Waals surface area contributed by atoms with E-state index in [0.717, 1.165) is 29.2 Å². The van der Waals surface area contributed by atoms with Gasteiger partial charge < -0.3 is 31.2 Å². The van der Waals surface area contributed by atoms with Gasteiger partial charge in [0.05, 0.1) is 13.0 Å². The molecule has 0 aliphatic heterocycles. The summed E-state index contributed by atoms with van der Waals surface area (Å²) in [5.41, 5.74) is 9.53. The van der Waals surface area contributed by atoms with Crippen molar-refractivity contribution in [2.75, 3.05) is 19.8 Å². The summed E-state index contributed by atoms with van der Waals surface area (Å²) in [7, 11) is 0.